The Bertz CT molecular complexity index is 1150. The second kappa shape index (κ2) is 9.62. The number of nitrogens with zero attached hydrogens (tertiary/aromatic N) is 2. The summed E-state index contributed by atoms with van der Waals surface area (Å²) in [6.45, 7) is 1.77. The van der Waals surface area contributed by atoms with E-state index in [2.05, 4.69) is 9.71 Å². The summed E-state index contributed by atoms with van der Waals surface area (Å²) in [6, 6.07) is 8.75. The minimum atomic E-state index is -3.80. The number of hydrogen-bond donors (Lipinski definition) is 1. The summed E-state index contributed by atoms with van der Waals surface area (Å²) in [5.74, 6) is 0.835. The van der Waals surface area contributed by atoms with Gasteiger partial charge in [-0.3, -0.25) is 0 Å². The number of pyridine rings is 1. The van der Waals surface area contributed by atoms with Gasteiger partial charge in [0, 0.05) is 43.1 Å². The summed E-state index contributed by atoms with van der Waals surface area (Å²) in [5.41, 5.74) is 2.07. The van der Waals surface area contributed by atoms with Gasteiger partial charge in [0.05, 0.1) is 19.8 Å². The molecule has 5 rings (SSSR count). The number of halogens is 1. The van der Waals surface area contributed by atoms with Crippen molar-refractivity contribution in [2.24, 2.45) is 0 Å². The van der Waals surface area contributed by atoms with Crippen molar-refractivity contribution in [1.82, 2.24) is 9.71 Å². The van der Waals surface area contributed by atoms with Crippen LogP contribution in [-0.2, 0) is 32.5 Å². The minimum Gasteiger partial charge on any atom is -0.496 e. The minimum absolute atomic E-state index is 0.0137. The van der Waals surface area contributed by atoms with Gasteiger partial charge in [-0.25, -0.2) is 18.1 Å². The molecule has 0 radical (unpaired) electrons. The quantitative estimate of drug-likeness (QED) is 0.638. The van der Waals surface area contributed by atoms with E-state index in [-0.39, 0.29) is 17.7 Å². The fraction of sp³-hybridized carbons (Fsp3) is 0.542. The van der Waals surface area contributed by atoms with Crippen LogP contribution >= 0.6 is 11.6 Å². The van der Waals surface area contributed by atoms with Crippen LogP contribution in [0.1, 0.15) is 43.2 Å². The van der Waals surface area contributed by atoms with Gasteiger partial charge in [0.15, 0.2) is 10.8 Å². The van der Waals surface area contributed by atoms with Gasteiger partial charge < -0.3 is 19.1 Å². The second-order valence-corrected chi connectivity index (χ2v) is 11.2. The number of anilines is 1. The maximum absolute atomic E-state index is 13.0. The van der Waals surface area contributed by atoms with Crippen molar-refractivity contribution >= 4 is 27.4 Å². The first-order chi connectivity index (χ1) is 16.4. The Kier molecular flexibility index (Phi) is 6.74. The van der Waals surface area contributed by atoms with Gasteiger partial charge in [0.2, 0.25) is 0 Å². The number of sulfonamides is 1. The number of fused-ring (bicyclic) bond motifs is 1. The number of ether oxygens (including phenoxy) is 3. The van der Waals surface area contributed by atoms with Crippen LogP contribution in [0.15, 0.2) is 35.4 Å². The summed E-state index contributed by atoms with van der Waals surface area (Å²) in [6.07, 6.45) is 5.51. The molecule has 1 aromatic carbocycles. The standard InChI is InChI=1S/C24H30ClN3O5S/c1-31-21-9-8-20(25)18-10-13-28(15-19(18)21)22-6-5-7-23(27-22)34(29,30)26-14-17-16-32-24(33-17)11-3-2-4-12-24/h5-9,17,26H,2-4,10-16H2,1H3. The van der Waals surface area contributed by atoms with E-state index in [0.29, 0.717) is 25.5 Å². The fourth-order valence-electron chi connectivity index (χ4n) is 5.07. The maximum Gasteiger partial charge on any atom is 0.258 e. The van der Waals surface area contributed by atoms with Crippen molar-refractivity contribution in [3.8, 4) is 5.75 Å². The second-order valence-electron chi connectivity index (χ2n) is 9.09. The van der Waals surface area contributed by atoms with Crippen LogP contribution in [0.4, 0.5) is 5.82 Å². The molecule has 0 bridgehead atoms. The number of rotatable bonds is 6. The van der Waals surface area contributed by atoms with E-state index in [1.54, 1.807) is 13.2 Å². The smallest absolute Gasteiger partial charge is 0.258 e. The third-order valence-corrected chi connectivity index (χ3v) is 8.55. The van der Waals surface area contributed by atoms with Crippen molar-refractivity contribution in [3.05, 3.63) is 46.5 Å². The van der Waals surface area contributed by atoms with Crippen LogP contribution in [0.25, 0.3) is 0 Å². The number of hydrogen-bond acceptors (Lipinski definition) is 7. The molecule has 8 nitrogen and oxygen atoms in total. The average Bonchev–Trinajstić information content (AvgIpc) is 3.25. The van der Waals surface area contributed by atoms with Crippen molar-refractivity contribution < 1.29 is 22.6 Å². The molecule has 3 aliphatic rings. The number of nitrogens with one attached hydrogen (secondary N) is 1. The third-order valence-electron chi connectivity index (χ3n) is 6.87. The highest BCUT2D eigenvalue weighted by molar-refractivity contribution is 7.89. The Morgan fingerprint density at radius 3 is 2.82 bits per heavy atom. The highest BCUT2D eigenvalue weighted by atomic mass is 35.5. The molecule has 1 N–H and O–H groups in total. The lowest BCUT2D eigenvalue weighted by atomic mass is 9.94. The fourth-order valence-corrected chi connectivity index (χ4v) is 6.36. The molecule has 34 heavy (non-hydrogen) atoms. The van der Waals surface area contributed by atoms with Crippen molar-refractivity contribution in [2.45, 2.75) is 62.0 Å². The molecule has 1 atom stereocenters. The van der Waals surface area contributed by atoms with Gasteiger partial charge in [0.1, 0.15) is 11.6 Å². The molecule has 3 heterocycles. The normalized spacial score (nSPS) is 22.1. The highest BCUT2D eigenvalue weighted by Crippen LogP contribution is 2.38. The first-order valence-electron chi connectivity index (χ1n) is 11.8. The van der Waals surface area contributed by atoms with Gasteiger partial charge in [-0.05, 0) is 49.1 Å². The molecule has 1 saturated heterocycles. The van der Waals surface area contributed by atoms with E-state index in [4.69, 9.17) is 25.8 Å². The molecule has 2 aliphatic heterocycles. The molecule has 0 amide bonds. The number of aromatic nitrogens is 1. The van der Waals surface area contributed by atoms with Crippen molar-refractivity contribution in [3.63, 3.8) is 0 Å². The van der Waals surface area contributed by atoms with E-state index in [9.17, 15) is 8.42 Å². The zero-order chi connectivity index (χ0) is 23.8. The lowest BCUT2D eigenvalue weighted by Crippen LogP contribution is -2.37. The molecule has 1 saturated carbocycles. The zero-order valence-electron chi connectivity index (χ0n) is 19.3. The first-order valence-corrected chi connectivity index (χ1v) is 13.6. The van der Waals surface area contributed by atoms with E-state index in [1.165, 1.54) is 12.5 Å². The maximum atomic E-state index is 13.0. The van der Waals surface area contributed by atoms with Crippen LogP contribution < -0.4 is 14.4 Å². The van der Waals surface area contributed by atoms with Gasteiger partial charge in [-0.1, -0.05) is 24.1 Å². The Morgan fingerprint density at radius 2 is 2.03 bits per heavy atom. The van der Waals surface area contributed by atoms with Crippen LogP contribution in [0.2, 0.25) is 5.02 Å². The van der Waals surface area contributed by atoms with Crippen molar-refractivity contribution in [1.29, 1.82) is 0 Å². The molecular weight excluding hydrogens is 478 g/mol. The Labute approximate surface area is 205 Å². The van der Waals surface area contributed by atoms with Crippen LogP contribution in [-0.4, -0.2) is 52.1 Å². The molecule has 1 aromatic heterocycles. The molecule has 184 valence electrons. The summed E-state index contributed by atoms with van der Waals surface area (Å²) in [5, 5.41) is 0.706. The van der Waals surface area contributed by atoms with Gasteiger partial charge >= 0.3 is 0 Å². The average molecular weight is 508 g/mol. The lowest BCUT2D eigenvalue weighted by Gasteiger charge is -2.31. The topological polar surface area (TPSA) is 90.0 Å². The molecule has 1 spiro atoms. The summed E-state index contributed by atoms with van der Waals surface area (Å²) < 4.78 is 46.2. The summed E-state index contributed by atoms with van der Waals surface area (Å²) in [4.78, 5) is 6.52. The van der Waals surface area contributed by atoms with Gasteiger partial charge in [-0.2, -0.15) is 0 Å². The van der Waals surface area contributed by atoms with E-state index in [1.807, 2.05) is 23.1 Å². The van der Waals surface area contributed by atoms with E-state index >= 15 is 0 Å². The number of benzene rings is 1. The molecule has 1 unspecified atom stereocenters. The molecule has 2 aromatic rings. The SMILES string of the molecule is COc1ccc(Cl)c2c1CN(c1cccc(S(=O)(=O)NCC3COC4(CCCCC4)O3)n1)CC2. The first kappa shape index (κ1) is 23.8. The molecular formula is C24H30ClN3O5S. The highest BCUT2D eigenvalue weighted by Gasteiger charge is 2.42. The summed E-state index contributed by atoms with van der Waals surface area (Å²) >= 11 is 6.39. The van der Waals surface area contributed by atoms with E-state index < -0.39 is 15.8 Å². The Balaban J connectivity index is 1.27. The van der Waals surface area contributed by atoms with Crippen molar-refractivity contribution in [2.75, 3.05) is 31.7 Å². The van der Waals surface area contributed by atoms with Crippen LogP contribution in [0, 0.1) is 0 Å². The molecule has 10 heteroatoms. The van der Waals surface area contributed by atoms with Gasteiger partial charge in [0.25, 0.3) is 10.0 Å². The Morgan fingerprint density at radius 1 is 1.21 bits per heavy atom. The molecule has 2 fully saturated rings. The predicted octanol–water partition coefficient (Wildman–Crippen LogP) is 3.66. The Hall–Kier alpha value is -1.91. The third kappa shape index (κ3) is 4.77. The zero-order valence-corrected chi connectivity index (χ0v) is 20.8. The van der Waals surface area contributed by atoms with Crippen LogP contribution in [0.5, 0.6) is 5.75 Å². The number of methoxy groups -OCH3 is 1. The lowest BCUT2D eigenvalue weighted by molar-refractivity contribution is -0.186. The monoisotopic (exact) mass is 507 g/mol. The van der Waals surface area contributed by atoms with E-state index in [0.717, 1.165) is 54.0 Å². The predicted molar refractivity (Wildman–Crippen MR) is 129 cm³/mol. The van der Waals surface area contributed by atoms with Gasteiger partial charge in [-0.15, -0.1) is 0 Å². The van der Waals surface area contributed by atoms with Crippen LogP contribution in [0.3, 0.4) is 0 Å². The molecule has 1 aliphatic carbocycles. The summed E-state index contributed by atoms with van der Waals surface area (Å²) in [7, 11) is -2.17. The largest absolute Gasteiger partial charge is 0.496 e.